The lowest BCUT2D eigenvalue weighted by atomic mass is 9.86. The smallest absolute Gasteiger partial charge is 0.230 e. The monoisotopic (exact) mass is 351 g/mol. The van der Waals surface area contributed by atoms with Gasteiger partial charge in [-0.3, -0.25) is 4.79 Å². The molecule has 1 saturated heterocycles. The zero-order valence-electron chi connectivity index (χ0n) is 15.3. The van der Waals surface area contributed by atoms with Gasteiger partial charge in [-0.1, -0.05) is 52.0 Å². The average molecular weight is 352 g/mol. The molecule has 1 aromatic rings. The Kier molecular flexibility index (Phi) is 5.74. The van der Waals surface area contributed by atoms with Crippen LogP contribution >= 0.6 is 0 Å². The number of hydrogen-bond donors (Lipinski definition) is 0. The third-order valence-corrected chi connectivity index (χ3v) is 6.75. The molecular weight excluding hydrogens is 322 g/mol. The van der Waals surface area contributed by atoms with Crippen molar-refractivity contribution >= 4 is 15.7 Å². The SMILES string of the molecule is CC(C)c1ccc(C(C(=O)N(C)C2CCS(=O)(=O)C2)C(C)C)cc1. The molecule has 1 fully saturated rings. The Hall–Kier alpha value is -1.36. The highest BCUT2D eigenvalue weighted by Gasteiger charge is 2.36. The lowest BCUT2D eigenvalue weighted by Crippen LogP contribution is -2.41. The van der Waals surface area contributed by atoms with Crippen molar-refractivity contribution < 1.29 is 13.2 Å². The van der Waals surface area contributed by atoms with Crippen LogP contribution in [-0.4, -0.2) is 43.8 Å². The van der Waals surface area contributed by atoms with Crippen LogP contribution in [0.4, 0.5) is 0 Å². The topological polar surface area (TPSA) is 54.5 Å². The minimum absolute atomic E-state index is 0.0180. The third-order valence-electron chi connectivity index (χ3n) is 5.00. The molecule has 1 aliphatic rings. The number of carbonyl (C=O) groups is 1. The van der Waals surface area contributed by atoms with E-state index in [-0.39, 0.29) is 35.3 Å². The maximum Gasteiger partial charge on any atom is 0.230 e. The molecule has 2 unspecified atom stereocenters. The van der Waals surface area contributed by atoms with Gasteiger partial charge in [-0.15, -0.1) is 0 Å². The molecule has 24 heavy (non-hydrogen) atoms. The summed E-state index contributed by atoms with van der Waals surface area (Å²) < 4.78 is 23.4. The van der Waals surface area contributed by atoms with Gasteiger partial charge in [0, 0.05) is 13.1 Å². The van der Waals surface area contributed by atoms with E-state index in [4.69, 9.17) is 0 Å². The second-order valence-corrected chi connectivity index (χ2v) is 9.78. The molecule has 0 saturated carbocycles. The van der Waals surface area contributed by atoms with E-state index in [9.17, 15) is 13.2 Å². The molecule has 0 aliphatic carbocycles. The van der Waals surface area contributed by atoms with E-state index >= 15 is 0 Å². The number of benzene rings is 1. The molecule has 5 heteroatoms. The van der Waals surface area contributed by atoms with Crippen LogP contribution < -0.4 is 0 Å². The first kappa shape index (κ1) is 19.0. The first-order valence-electron chi connectivity index (χ1n) is 8.69. The van der Waals surface area contributed by atoms with Crippen LogP contribution in [0.2, 0.25) is 0 Å². The number of hydrogen-bond acceptors (Lipinski definition) is 3. The first-order valence-corrected chi connectivity index (χ1v) is 10.5. The molecule has 0 spiro atoms. The fourth-order valence-electron chi connectivity index (χ4n) is 3.38. The highest BCUT2D eigenvalue weighted by atomic mass is 32.2. The summed E-state index contributed by atoms with van der Waals surface area (Å²) in [5.74, 6) is 0.669. The van der Waals surface area contributed by atoms with Crippen molar-refractivity contribution in [1.82, 2.24) is 4.90 Å². The van der Waals surface area contributed by atoms with E-state index in [2.05, 4.69) is 26.0 Å². The Morgan fingerprint density at radius 2 is 1.62 bits per heavy atom. The quantitative estimate of drug-likeness (QED) is 0.818. The number of amides is 1. The normalized spacial score (nSPS) is 21.2. The van der Waals surface area contributed by atoms with Crippen LogP contribution in [-0.2, 0) is 14.6 Å². The Morgan fingerprint density at radius 1 is 1.08 bits per heavy atom. The maximum atomic E-state index is 13.0. The number of rotatable bonds is 5. The lowest BCUT2D eigenvalue weighted by Gasteiger charge is -2.30. The largest absolute Gasteiger partial charge is 0.341 e. The molecule has 1 aromatic carbocycles. The third kappa shape index (κ3) is 4.18. The Bertz CT molecular complexity index is 677. The highest BCUT2D eigenvalue weighted by Crippen LogP contribution is 2.30. The van der Waals surface area contributed by atoms with E-state index in [0.29, 0.717) is 12.3 Å². The standard InChI is InChI=1S/C19H29NO3S/c1-13(2)15-6-8-16(9-7-15)18(14(3)4)19(21)20(5)17-10-11-24(22,23)12-17/h6-9,13-14,17-18H,10-12H2,1-5H3. The number of nitrogens with zero attached hydrogens (tertiary/aromatic N) is 1. The van der Waals surface area contributed by atoms with Crippen molar-refractivity contribution in [2.45, 2.75) is 52.0 Å². The molecule has 0 radical (unpaired) electrons. The molecule has 1 heterocycles. The molecule has 1 aliphatic heterocycles. The summed E-state index contributed by atoms with van der Waals surface area (Å²) in [5, 5.41) is 0. The second-order valence-electron chi connectivity index (χ2n) is 7.55. The van der Waals surface area contributed by atoms with Gasteiger partial charge in [0.05, 0.1) is 17.4 Å². The minimum atomic E-state index is -2.99. The molecular formula is C19H29NO3S. The summed E-state index contributed by atoms with van der Waals surface area (Å²) in [6.45, 7) is 8.37. The predicted molar refractivity (Wildman–Crippen MR) is 97.9 cm³/mol. The van der Waals surface area contributed by atoms with Crippen LogP contribution in [0.5, 0.6) is 0 Å². The Labute approximate surface area is 146 Å². The maximum absolute atomic E-state index is 13.0. The molecule has 0 bridgehead atoms. The summed E-state index contributed by atoms with van der Waals surface area (Å²) in [4.78, 5) is 14.7. The first-order chi connectivity index (χ1) is 11.1. The van der Waals surface area contributed by atoms with Crippen LogP contribution in [0.3, 0.4) is 0 Å². The van der Waals surface area contributed by atoms with Crippen molar-refractivity contribution in [1.29, 1.82) is 0 Å². The molecule has 2 rings (SSSR count). The minimum Gasteiger partial charge on any atom is -0.341 e. The summed E-state index contributed by atoms with van der Waals surface area (Å²) in [6.07, 6.45) is 0.543. The van der Waals surface area contributed by atoms with Crippen molar-refractivity contribution in [3.63, 3.8) is 0 Å². The van der Waals surface area contributed by atoms with Gasteiger partial charge in [-0.25, -0.2) is 8.42 Å². The molecule has 134 valence electrons. The Balaban J connectivity index is 2.22. The van der Waals surface area contributed by atoms with Crippen LogP contribution in [0.1, 0.15) is 57.1 Å². The van der Waals surface area contributed by atoms with E-state index in [1.165, 1.54) is 5.56 Å². The van der Waals surface area contributed by atoms with Gasteiger partial charge in [-0.05, 0) is 29.4 Å². The van der Waals surface area contributed by atoms with Crippen molar-refractivity contribution in [2.75, 3.05) is 18.6 Å². The van der Waals surface area contributed by atoms with Crippen molar-refractivity contribution in [3.05, 3.63) is 35.4 Å². The zero-order chi connectivity index (χ0) is 18.1. The van der Waals surface area contributed by atoms with Gasteiger partial charge in [0.25, 0.3) is 0 Å². The van der Waals surface area contributed by atoms with Crippen molar-refractivity contribution in [2.24, 2.45) is 5.92 Å². The van der Waals surface area contributed by atoms with Gasteiger partial charge in [0.2, 0.25) is 5.91 Å². The van der Waals surface area contributed by atoms with Gasteiger partial charge in [0.1, 0.15) is 0 Å². The predicted octanol–water partition coefficient (Wildman–Crippen LogP) is 3.20. The van der Waals surface area contributed by atoms with E-state index < -0.39 is 9.84 Å². The van der Waals surface area contributed by atoms with E-state index in [1.54, 1.807) is 11.9 Å². The van der Waals surface area contributed by atoms with Crippen molar-refractivity contribution in [3.8, 4) is 0 Å². The molecule has 1 amide bonds. The van der Waals surface area contributed by atoms with Gasteiger partial charge in [-0.2, -0.15) is 0 Å². The molecule has 0 aromatic heterocycles. The Morgan fingerprint density at radius 3 is 2.04 bits per heavy atom. The van der Waals surface area contributed by atoms with Crippen LogP contribution in [0.15, 0.2) is 24.3 Å². The summed E-state index contributed by atoms with van der Waals surface area (Å²) in [6, 6.07) is 8.05. The fourth-order valence-corrected chi connectivity index (χ4v) is 5.16. The summed E-state index contributed by atoms with van der Waals surface area (Å²) in [5.41, 5.74) is 2.26. The number of likely N-dealkylation sites (N-methyl/N-ethyl adjacent to an activating group) is 1. The fraction of sp³-hybridized carbons (Fsp3) is 0.632. The summed E-state index contributed by atoms with van der Waals surface area (Å²) >= 11 is 0. The summed E-state index contributed by atoms with van der Waals surface area (Å²) in [7, 11) is -1.25. The number of carbonyl (C=O) groups excluding carboxylic acids is 1. The molecule has 0 N–H and O–H groups in total. The average Bonchev–Trinajstić information content (AvgIpc) is 2.86. The van der Waals surface area contributed by atoms with E-state index in [1.807, 2.05) is 26.0 Å². The van der Waals surface area contributed by atoms with E-state index in [0.717, 1.165) is 5.56 Å². The highest BCUT2D eigenvalue weighted by molar-refractivity contribution is 7.91. The van der Waals surface area contributed by atoms with Crippen LogP contribution in [0, 0.1) is 5.92 Å². The lowest BCUT2D eigenvalue weighted by molar-refractivity contribution is -0.134. The van der Waals surface area contributed by atoms with Crippen LogP contribution in [0.25, 0.3) is 0 Å². The van der Waals surface area contributed by atoms with Gasteiger partial charge < -0.3 is 4.90 Å². The second kappa shape index (κ2) is 7.26. The van der Waals surface area contributed by atoms with Gasteiger partial charge in [0.15, 0.2) is 9.84 Å². The molecule has 2 atom stereocenters. The van der Waals surface area contributed by atoms with Gasteiger partial charge >= 0.3 is 0 Å². The number of sulfone groups is 1. The molecule has 4 nitrogen and oxygen atoms in total. The zero-order valence-corrected chi connectivity index (χ0v) is 16.1.